The number of hydrogen-bond acceptors (Lipinski definition) is 5. The Bertz CT molecular complexity index is 391. The van der Waals surface area contributed by atoms with Crippen LogP contribution in [0.3, 0.4) is 0 Å². The minimum atomic E-state index is -0.0910. The number of anilines is 1. The molecule has 0 saturated heterocycles. The van der Waals surface area contributed by atoms with Crippen LogP contribution in [-0.2, 0) is 0 Å². The second kappa shape index (κ2) is 4.44. The van der Waals surface area contributed by atoms with Gasteiger partial charge in [0.1, 0.15) is 11.5 Å². The summed E-state index contributed by atoms with van der Waals surface area (Å²) in [6.45, 7) is 0.564. The maximum atomic E-state index is 9.03. The zero-order chi connectivity index (χ0) is 11.5. The molecule has 0 aliphatic heterocycles. The van der Waals surface area contributed by atoms with Crippen molar-refractivity contribution in [3.63, 3.8) is 0 Å². The van der Waals surface area contributed by atoms with Gasteiger partial charge in [-0.3, -0.25) is 5.41 Å². The lowest BCUT2D eigenvalue weighted by atomic mass is 10.3. The molecule has 1 aliphatic rings. The van der Waals surface area contributed by atoms with Crippen molar-refractivity contribution in [3.8, 4) is 0 Å². The van der Waals surface area contributed by atoms with E-state index in [2.05, 4.69) is 9.97 Å². The molecule has 4 N–H and O–H groups in total. The topological polar surface area (TPSA) is 99.1 Å². The van der Waals surface area contributed by atoms with Gasteiger partial charge in [0.2, 0.25) is 0 Å². The third kappa shape index (κ3) is 2.11. The first-order chi connectivity index (χ1) is 7.74. The van der Waals surface area contributed by atoms with E-state index in [-0.39, 0.29) is 12.4 Å². The average molecular weight is 221 g/mol. The van der Waals surface area contributed by atoms with E-state index in [0.717, 1.165) is 12.8 Å². The Kier molecular flexibility index (Phi) is 3.00. The number of aromatic nitrogens is 2. The lowest BCUT2D eigenvalue weighted by Gasteiger charge is -2.23. The first-order valence-electron chi connectivity index (χ1n) is 5.27. The van der Waals surface area contributed by atoms with Crippen molar-refractivity contribution in [2.24, 2.45) is 5.73 Å². The van der Waals surface area contributed by atoms with Crippen molar-refractivity contribution < 1.29 is 5.11 Å². The maximum absolute atomic E-state index is 9.03. The molecule has 0 spiro atoms. The smallest absolute Gasteiger partial charge is 0.158 e. The van der Waals surface area contributed by atoms with Gasteiger partial charge in [-0.2, -0.15) is 0 Å². The first-order valence-corrected chi connectivity index (χ1v) is 5.27. The quantitative estimate of drug-likeness (QED) is 0.469. The third-order valence-corrected chi connectivity index (χ3v) is 2.53. The Labute approximate surface area is 93.6 Å². The number of nitrogen functional groups attached to an aromatic ring is 1. The van der Waals surface area contributed by atoms with Crippen LogP contribution in [0.25, 0.3) is 0 Å². The molecule has 1 fully saturated rings. The van der Waals surface area contributed by atoms with Gasteiger partial charge in [-0.25, -0.2) is 9.97 Å². The number of rotatable bonds is 5. The van der Waals surface area contributed by atoms with Gasteiger partial charge < -0.3 is 15.7 Å². The molecule has 2 rings (SSSR count). The molecule has 0 radical (unpaired) electrons. The molecule has 16 heavy (non-hydrogen) atoms. The van der Waals surface area contributed by atoms with Crippen LogP contribution in [0.4, 0.5) is 5.82 Å². The van der Waals surface area contributed by atoms with Crippen LogP contribution in [0.1, 0.15) is 18.5 Å². The van der Waals surface area contributed by atoms with E-state index in [1.807, 2.05) is 4.90 Å². The molecular weight excluding hydrogens is 206 g/mol. The van der Waals surface area contributed by atoms with Gasteiger partial charge in [0.05, 0.1) is 6.61 Å². The van der Waals surface area contributed by atoms with Gasteiger partial charge in [-0.1, -0.05) is 0 Å². The van der Waals surface area contributed by atoms with E-state index in [1.54, 1.807) is 6.20 Å². The highest BCUT2D eigenvalue weighted by Gasteiger charge is 2.31. The van der Waals surface area contributed by atoms with Crippen molar-refractivity contribution in [1.82, 2.24) is 9.97 Å². The van der Waals surface area contributed by atoms with Crippen LogP contribution >= 0.6 is 0 Å². The molecule has 0 atom stereocenters. The number of aliphatic hydroxyl groups is 1. The monoisotopic (exact) mass is 221 g/mol. The third-order valence-electron chi connectivity index (χ3n) is 2.53. The minimum Gasteiger partial charge on any atom is -0.395 e. The molecule has 1 saturated carbocycles. The lowest BCUT2D eigenvalue weighted by molar-refractivity contribution is 0.301. The van der Waals surface area contributed by atoms with Gasteiger partial charge in [0, 0.05) is 25.0 Å². The van der Waals surface area contributed by atoms with E-state index in [1.165, 1.54) is 6.20 Å². The Hall–Kier alpha value is -1.69. The van der Waals surface area contributed by atoms with E-state index >= 15 is 0 Å². The summed E-state index contributed by atoms with van der Waals surface area (Å²) in [5.74, 6) is 0.512. The fraction of sp³-hybridized carbons (Fsp3) is 0.500. The molecule has 0 unspecified atom stereocenters. The fourth-order valence-electron chi connectivity index (χ4n) is 1.69. The van der Waals surface area contributed by atoms with Crippen molar-refractivity contribution in [3.05, 3.63) is 18.1 Å². The van der Waals surface area contributed by atoms with Gasteiger partial charge in [-0.05, 0) is 12.8 Å². The van der Waals surface area contributed by atoms with Gasteiger partial charge >= 0.3 is 0 Å². The largest absolute Gasteiger partial charge is 0.395 e. The molecular formula is C10H15N5O. The summed E-state index contributed by atoms with van der Waals surface area (Å²) < 4.78 is 0. The van der Waals surface area contributed by atoms with Crippen LogP contribution in [0, 0.1) is 5.41 Å². The van der Waals surface area contributed by atoms with Crippen LogP contribution in [0.5, 0.6) is 0 Å². The normalized spacial score (nSPS) is 14.8. The zero-order valence-corrected chi connectivity index (χ0v) is 8.93. The van der Waals surface area contributed by atoms with E-state index in [9.17, 15) is 0 Å². The van der Waals surface area contributed by atoms with E-state index < -0.39 is 0 Å². The summed E-state index contributed by atoms with van der Waals surface area (Å²) in [5.41, 5.74) is 5.85. The molecule has 1 aromatic heterocycles. The zero-order valence-electron chi connectivity index (χ0n) is 8.93. The van der Waals surface area contributed by atoms with Gasteiger partial charge in [0.25, 0.3) is 0 Å². The molecule has 1 heterocycles. The predicted octanol–water partition coefficient (Wildman–Crippen LogP) is -0.278. The summed E-state index contributed by atoms with van der Waals surface area (Å²) >= 11 is 0. The van der Waals surface area contributed by atoms with Crippen LogP contribution in [-0.4, -0.2) is 40.1 Å². The van der Waals surface area contributed by atoms with Crippen molar-refractivity contribution in [2.75, 3.05) is 18.1 Å². The highest BCUT2D eigenvalue weighted by atomic mass is 16.3. The summed E-state index contributed by atoms with van der Waals surface area (Å²) in [5, 5.41) is 16.5. The Morgan fingerprint density at radius 1 is 1.50 bits per heavy atom. The van der Waals surface area contributed by atoms with Gasteiger partial charge in [-0.15, -0.1) is 0 Å². The highest BCUT2D eigenvalue weighted by Crippen LogP contribution is 2.31. The molecule has 6 heteroatoms. The maximum Gasteiger partial charge on any atom is 0.158 e. The molecule has 0 amide bonds. The number of aliphatic hydroxyl groups excluding tert-OH is 1. The molecule has 6 nitrogen and oxygen atoms in total. The van der Waals surface area contributed by atoms with Gasteiger partial charge in [0.15, 0.2) is 5.82 Å². The number of nitrogens with two attached hydrogens (primary N) is 1. The SMILES string of the molecule is N=C(N)c1nccnc1N(CCO)C1CC1. The molecule has 0 aromatic carbocycles. The number of hydrogen-bond donors (Lipinski definition) is 3. The van der Waals surface area contributed by atoms with Crippen LogP contribution < -0.4 is 10.6 Å². The summed E-state index contributed by atoms with van der Waals surface area (Å²) in [7, 11) is 0. The number of amidine groups is 1. The minimum absolute atomic E-state index is 0.0599. The van der Waals surface area contributed by atoms with Crippen molar-refractivity contribution in [1.29, 1.82) is 5.41 Å². The average Bonchev–Trinajstić information content (AvgIpc) is 3.10. The number of nitrogens with one attached hydrogen (secondary N) is 1. The fourth-order valence-corrected chi connectivity index (χ4v) is 1.69. The van der Waals surface area contributed by atoms with Crippen LogP contribution in [0.15, 0.2) is 12.4 Å². The van der Waals surface area contributed by atoms with Crippen molar-refractivity contribution in [2.45, 2.75) is 18.9 Å². The summed E-state index contributed by atoms with van der Waals surface area (Å²) in [6, 6.07) is 0.405. The highest BCUT2D eigenvalue weighted by molar-refractivity contribution is 5.97. The van der Waals surface area contributed by atoms with E-state index in [0.29, 0.717) is 24.1 Å². The Balaban J connectivity index is 2.32. The molecule has 1 aromatic rings. The number of nitrogens with zero attached hydrogens (tertiary/aromatic N) is 3. The Morgan fingerprint density at radius 2 is 2.19 bits per heavy atom. The predicted molar refractivity (Wildman–Crippen MR) is 60.5 cm³/mol. The summed E-state index contributed by atoms with van der Waals surface area (Å²) in [4.78, 5) is 10.2. The Morgan fingerprint density at radius 3 is 2.75 bits per heavy atom. The van der Waals surface area contributed by atoms with E-state index in [4.69, 9.17) is 16.2 Å². The lowest BCUT2D eigenvalue weighted by Crippen LogP contribution is -2.32. The second-order valence-corrected chi connectivity index (χ2v) is 3.79. The molecule has 1 aliphatic carbocycles. The van der Waals surface area contributed by atoms with Crippen molar-refractivity contribution >= 4 is 11.7 Å². The van der Waals surface area contributed by atoms with Crippen LogP contribution in [0.2, 0.25) is 0 Å². The first kappa shape index (κ1) is 10.8. The molecule has 86 valence electrons. The molecule has 0 bridgehead atoms. The second-order valence-electron chi connectivity index (χ2n) is 3.79. The standard InChI is InChI=1S/C10H15N5O/c11-9(12)8-10(14-4-3-13-8)15(5-6-16)7-1-2-7/h3-4,7,16H,1-2,5-6H2,(H3,11,12). The summed E-state index contributed by atoms with van der Waals surface area (Å²) in [6.07, 6.45) is 5.28.